The molecule has 1 N–H and O–H groups in total. The number of hydrogen-bond donors (Lipinski definition) is 1. The fourth-order valence-electron chi connectivity index (χ4n) is 2.14. The van der Waals surface area contributed by atoms with Gasteiger partial charge in [-0.1, -0.05) is 27.7 Å². The first-order chi connectivity index (χ1) is 8.02. The number of aliphatic carboxylic acids is 1. The molecule has 0 aliphatic rings. The molecule has 0 spiro atoms. The Kier molecular flexibility index (Phi) is 4.66. The van der Waals surface area contributed by atoms with E-state index in [-0.39, 0.29) is 11.8 Å². The van der Waals surface area contributed by atoms with E-state index in [1.807, 2.05) is 13.8 Å². The summed E-state index contributed by atoms with van der Waals surface area (Å²) in [4.78, 5) is 11.3. The van der Waals surface area contributed by atoms with Gasteiger partial charge in [0.1, 0.15) is 18.2 Å². The average molecular weight is 239 g/mol. The van der Waals surface area contributed by atoms with E-state index in [1.54, 1.807) is 4.57 Å². The third-order valence-electron chi connectivity index (χ3n) is 3.14. The molecule has 1 rings (SSSR count). The second-order valence-corrected chi connectivity index (χ2v) is 4.64. The lowest BCUT2D eigenvalue weighted by Gasteiger charge is -2.22. The number of carboxylic acid groups (broad SMARTS) is 1. The Morgan fingerprint density at radius 1 is 1.41 bits per heavy atom. The first-order valence-electron chi connectivity index (χ1n) is 6.15. The summed E-state index contributed by atoms with van der Waals surface area (Å²) in [6.45, 7) is 7.96. The van der Waals surface area contributed by atoms with Gasteiger partial charge in [-0.25, -0.2) is 4.79 Å². The van der Waals surface area contributed by atoms with Crippen molar-refractivity contribution in [3.63, 3.8) is 0 Å². The van der Waals surface area contributed by atoms with Crippen molar-refractivity contribution < 1.29 is 9.90 Å². The third kappa shape index (κ3) is 2.84. The zero-order valence-electron chi connectivity index (χ0n) is 10.9. The highest BCUT2D eigenvalue weighted by Crippen LogP contribution is 2.26. The lowest BCUT2D eigenvalue weighted by atomic mass is 10.00. The second-order valence-electron chi connectivity index (χ2n) is 4.64. The molecule has 5 nitrogen and oxygen atoms in total. The summed E-state index contributed by atoms with van der Waals surface area (Å²) in [6, 6.07) is -0.583. The number of nitrogens with zero attached hydrogens (tertiary/aromatic N) is 3. The van der Waals surface area contributed by atoms with Crippen LogP contribution in [0.5, 0.6) is 0 Å². The Hall–Kier alpha value is -1.39. The molecular weight excluding hydrogens is 218 g/mol. The van der Waals surface area contributed by atoms with Crippen molar-refractivity contribution >= 4 is 5.97 Å². The van der Waals surface area contributed by atoms with Gasteiger partial charge in [0, 0.05) is 5.92 Å². The fourth-order valence-corrected chi connectivity index (χ4v) is 2.14. The number of carboxylic acids is 1. The van der Waals surface area contributed by atoms with Crippen molar-refractivity contribution in [1.29, 1.82) is 0 Å². The smallest absolute Gasteiger partial charge is 0.327 e. The maximum absolute atomic E-state index is 11.3. The highest BCUT2D eigenvalue weighted by atomic mass is 16.4. The molecule has 96 valence electrons. The number of carbonyl (C=O) groups is 1. The van der Waals surface area contributed by atoms with Gasteiger partial charge < -0.3 is 9.67 Å². The molecule has 0 fully saturated rings. The van der Waals surface area contributed by atoms with Crippen LogP contribution in [0.15, 0.2) is 6.33 Å². The molecule has 5 heteroatoms. The van der Waals surface area contributed by atoms with Crippen LogP contribution in [0.3, 0.4) is 0 Å². The van der Waals surface area contributed by atoms with Crippen molar-refractivity contribution in [2.75, 3.05) is 0 Å². The van der Waals surface area contributed by atoms with Gasteiger partial charge in [0.2, 0.25) is 0 Å². The van der Waals surface area contributed by atoms with Gasteiger partial charge >= 0.3 is 5.97 Å². The van der Waals surface area contributed by atoms with Crippen molar-refractivity contribution in [2.24, 2.45) is 5.92 Å². The normalized spacial score (nSPS) is 13.3. The van der Waals surface area contributed by atoms with Crippen molar-refractivity contribution in [1.82, 2.24) is 14.8 Å². The zero-order chi connectivity index (χ0) is 13.0. The fraction of sp³-hybridized carbons (Fsp3) is 0.750. The van der Waals surface area contributed by atoms with Crippen LogP contribution in [-0.4, -0.2) is 25.8 Å². The highest BCUT2D eigenvalue weighted by molar-refractivity contribution is 5.72. The van der Waals surface area contributed by atoms with E-state index in [9.17, 15) is 9.90 Å². The number of aromatic nitrogens is 3. The summed E-state index contributed by atoms with van der Waals surface area (Å²) in [5, 5.41) is 17.3. The van der Waals surface area contributed by atoms with E-state index in [0.717, 1.165) is 18.7 Å². The minimum Gasteiger partial charge on any atom is -0.480 e. The number of hydrogen-bond acceptors (Lipinski definition) is 3. The van der Waals surface area contributed by atoms with Crippen LogP contribution >= 0.6 is 0 Å². The second kappa shape index (κ2) is 5.80. The zero-order valence-corrected chi connectivity index (χ0v) is 10.9. The number of rotatable bonds is 6. The monoisotopic (exact) mass is 239 g/mol. The Labute approximate surface area is 102 Å². The highest BCUT2D eigenvalue weighted by Gasteiger charge is 2.27. The van der Waals surface area contributed by atoms with Gasteiger partial charge in [-0.05, 0) is 18.8 Å². The van der Waals surface area contributed by atoms with Crippen LogP contribution in [0.1, 0.15) is 58.3 Å². The van der Waals surface area contributed by atoms with E-state index in [1.165, 1.54) is 6.33 Å². The lowest BCUT2D eigenvalue weighted by molar-refractivity contribution is -0.142. The van der Waals surface area contributed by atoms with Gasteiger partial charge in [0.15, 0.2) is 0 Å². The first-order valence-corrected chi connectivity index (χ1v) is 6.15. The molecule has 1 unspecified atom stereocenters. The summed E-state index contributed by atoms with van der Waals surface area (Å²) < 4.78 is 1.71. The molecule has 0 aliphatic carbocycles. The molecule has 0 saturated carbocycles. The summed E-state index contributed by atoms with van der Waals surface area (Å²) in [7, 11) is 0. The SMILES string of the molecule is CCC(CC)c1nncn1C(C(=O)O)C(C)C. The van der Waals surface area contributed by atoms with Crippen LogP contribution in [0.25, 0.3) is 0 Å². The predicted octanol–water partition coefficient (Wildman–Crippen LogP) is 2.46. The largest absolute Gasteiger partial charge is 0.480 e. The minimum absolute atomic E-state index is 0.0108. The lowest BCUT2D eigenvalue weighted by Crippen LogP contribution is -2.26. The van der Waals surface area contributed by atoms with Crippen molar-refractivity contribution in [3.05, 3.63) is 12.2 Å². The first kappa shape index (κ1) is 13.7. The van der Waals surface area contributed by atoms with Crippen molar-refractivity contribution in [3.8, 4) is 0 Å². The van der Waals surface area contributed by atoms with Gasteiger partial charge in [-0.15, -0.1) is 10.2 Å². The topological polar surface area (TPSA) is 68.0 Å². The summed E-state index contributed by atoms with van der Waals surface area (Å²) in [6.07, 6.45) is 3.42. The molecule has 0 amide bonds. The maximum Gasteiger partial charge on any atom is 0.327 e. The Balaban J connectivity index is 3.12. The van der Waals surface area contributed by atoms with E-state index in [0.29, 0.717) is 0 Å². The average Bonchev–Trinajstić information content (AvgIpc) is 2.68. The molecular formula is C12H21N3O2. The molecule has 1 aromatic rings. The van der Waals surface area contributed by atoms with Gasteiger partial charge in [0.05, 0.1) is 0 Å². The van der Waals surface area contributed by atoms with E-state index in [2.05, 4.69) is 24.0 Å². The third-order valence-corrected chi connectivity index (χ3v) is 3.14. The van der Waals surface area contributed by atoms with Crippen LogP contribution in [0.2, 0.25) is 0 Å². The Bertz CT molecular complexity index is 370. The van der Waals surface area contributed by atoms with Crippen LogP contribution < -0.4 is 0 Å². The van der Waals surface area contributed by atoms with Gasteiger partial charge in [0.25, 0.3) is 0 Å². The van der Waals surface area contributed by atoms with E-state index >= 15 is 0 Å². The Morgan fingerprint density at radius 3 is 2.41 bits per heavy atom. The Morgan fingerprint density at radius 2 is 2.00 bits per heavy atom. The standard InChI is InChI=1S/C12H21N3O2/c1-5-9(6-2)11-14-13-7-15(11)10(8(3)4)12(16)17/h7-10H,5-6H2,1-4H3,(H,16,17). The molecule has 0 aliphatic heterocycles. The molecule has 0 saturated heterocycles. The molecule has 0 radical (unpaired) electrons. The van der Waals surface area contributed by atoms with Crippen LogP contribution in [0, 0.1) is 5.92 Å². The maximum atomic E-state index is 11.3. The van der Waals surface area contributed by atoms with Gasteiger partial charge in [-0.3, -0.25) is 0 Å². The quantitative estimate of drug-likeness (QED) is 0.828. The predicted molar refractivity (Wildman–Crippen MR) is 64.9 cm³/mol. The molecule has 0 bridgehead atoms. The summed E-state index contributed by atoms with van der Waals surface area (Å²) >= 11 is 0. The van der Waals surface area contributed by atoms with E-state index in [4.69, 9.17) is 0 Å². The molecule has 1 atom stereocenters. The van der Waals surface area contributed by atoms with Crippen LogP contribution in [-0.2, 0) is 4.79 Å². The summed E-state index contributed by atoms with van der Waals surface area (Å²) in [5.74, 6) is 0.248. The van der Waals surface area contributed by atoms with E-state index < -0.39 is 12.0 Å². The summed E-state index contributed by atoms with van der Waals surface area (Å²) in [5.41, 5.74) is 0. The van der Waals surface area contributed by atoms with Crippen LogP contribution in [0.4, 0.5) is 0 Å². The molecule has 1 aromatic heterocycles. The molecule has 17 heavy (non-hydrogen) atoms. The molecule has 1 heterocycles. The minimum atomic E-state index is -0.827. The van der Waals surface area contributed by atoms with Crippen molar-refractivity contribution in [2.45, 2.75) is 52.5 Å². The van der Waals surface area contributed by atoms with Gasteiger partial charge in [-0.2, -0.15) is 0 Å². The molecule has 0 aromatic carbocycles.